The molecule has 0 saturated carbocycles. The Kier molecular flexibility index (Phi) is 3.06. The van der Waals surface area contributed by atoms with Gasteiger partial charge < -0.3 is 14.4 Å². The minimum atomic E-state index is -0.863. The standard InChI is InChI=1S/C12H16BNO5/c1-11(2)12(3,4)19-13(18-11)9-7-8(15)5-6-10(9)14(16)17/h5-7,15H,1-4H3. The van der Waals surface area contributed by atoms with Crippen molar-refractivity contribution in [3.05, 3.63) is 28.3 Å². The molecule has 1 saturated heterocycles. The number of phenolic OH excluding ortho intramolecular Hbond substituents is 1. The maximum Gasteiger partial charge on any atom is 0.502 e. The van der Waals surface area contributed by atoms with Crippen LogP contribution in [0, 0.1) is 10.1 Å². The number of benzene rings is 1. The number of aromatic hydroxyl groups is 1. The average molecular weight is 265 g/mol. The van der Waals surface area contributed by atoms with Gasteiger partial charge in [0, 0.05) is 6.07 Å². The van der Waals surface area contributed by atoms with Crippen LogP contribution in [0.3, 0.4) is 0 Å². The molecule has 1 heterocycles. The van der Waals surface area contributed by atoms with Crippen LogP contribution in [0.1, 0.15) is 27.7 Å². The van der Waals surface area contributed by atoms with Crippen LogP contribution in [0.15, 0.2) is 18.2 Å². The first-order chi connectivity index (χ1) is 8.64. The van der Waals surface area contributed by atoms with Gasteiger partial charge >= 0.3 is 7.12 Å². The van der Waals surface area contributed by atoms with Crippen LogP contribution in [0.5, 0.6) is 5.75 Å². The van der Waals surface area contributed by atoms with Crippen LogP contribution in [0.2, 0.25) is 0 Å². The number of nitro groups is 1. The predicted octanol–water partition coefficient (Wildman–Crippen LogP) is 1.60. The van der Waals surface area contributed by atoms with Gasteiger partial charge in [-0.15, -0.1) is 0 Å². The lowest BCUT2D eigenvalue weighted by Gasteiger charge is -2.32. The van der Waals surface area contributed by atoms with E-state index in [-0.39, 0.29) is 16.9 Å². The average Bonchev–Trinajstić information content (AvgIpc) is 2.47. The molecule has 1 aliphatic rings. The molecule has 1 N–H and O–H groups in total. The topological polar surface area (TPSA) is 81.8 Å². The molecule has 7 heteroatoms. The Hall–Kier alpha value is -1.60. The zero-order valence-electron chi connectivity index (χ0n) is 11.3. The van der Waals surface area contributed by atoms with Crippen LogP contribution in [-0.2, 0) is 9.31 Å². The van der Waals surface area contributed by atoms with Gasteiger partial charge in [0.05, 0.1) is 21.6 Å². The van der Waals surface area contributed by atoms with Crippen molar-refractivity contribution in [2.45, 2.75) is 38.9 Å². The third-order valence-electron chi connectivity index (χ3n) is 3.71. The lowest BCUT2D eigenvalue weighted by Crippen LogP contribution is -2.41. The third kappa shape index (κ3) is 2.31. The Bertz CT molecular complexity index is 513. The first kappa shape index (κ1) is 13.8. The van der Waals surface area contributed by atoms with Crippen molar-refractivity contribution in [2.24, 2.45) is 0 Å². The van der Waals surface area contributed by atoms with E-state index in [9.17, 15) is 15.2 Å². The van der Waals surface area contributed by atoms with Crippen LogP contribution < -0.4 is 5.46 Å². The van der Waals surface area contributed by atoms with Gasteiger partial charge in [-0.3, -0.25) is 10.1 Å². The zero-order valence-corrected chi connectivity index (χ0v) is 11.3. The summed E-state index contributed by atoms with van der Waals surface area (Å²) in [6, 6.07) is 3.82. The molecule has 1 aromatic rings. The summed E-state index contributed by atoms with van der Waals surface area (Å²) in [5, 5.41) is 20.5. The molecule has 0 spiro atoms. The minimum absolute atomic E-state index is 0.0599. The lowest BCUT2D eigenvalue weighted by atomic mass is 9.77. The Labute approximate surface area is 111 Å². The van der Waals surface area contributed by atoms with Crippen molar-refractivity contribution in [3.8, 4) is 5.75 Å². The van der Waals surface area contributed by atoms with Crippen LogP contribution in [-0.4, -0.2) is 28.4 Å². The van der Waals surface area contributed by atoms with E-state index in [4.69, 9.17) is 9.31 Å². The second-order valence-electron chi connectivity index (χ2n) is 5.59. The van der Waals surface area contributed by atoms with Gasteiger partial charge in [0.15, 0.2) is 0 Å². The fourth-order valence-electron chi connectivity index (χ4n) is 1.87. The summed E-state index contributed by atoms with van der Waals surface area (Å²) in [4.78, 5) is 10.5. The van der Waals surface area contributed by atoms with Crippen LogP contribution >= 0.6 is 0 Å². The van der Waals surface area contributed by atoms with Crippen molar-refractivity contribution < 1.29 is 19.3 Å². The smallest absolute Gasteiger partial charge is 0.502 e. The summed E-state index contributed by atoms with van der Waals surface area (Å²) >= 11 is 0. The maximum atomic E-state index is 11.0. The summed E-state index contributed by atoms with van der Waals surface area (Å²) in [5.41, 5.74) is -1.08. The van der Waals surface area contributed by atoms with Crippen molar-refractivity contribution in [2.75, 3.05) is 0 Å². The highest BCUT2D eigenvalue weighted by molar-refractivity contribution is 6.63. The maximum absolute atomic E-state index is 11.0. The molecule has 1 aromatic carbocycles. The fourth-order valence-corrected chi connectivity index (χ4v) is 1.87. The Balaban J connectivity index is 2.44. The number of nitrogens with zero attached hydrogens (tertiary/aromatic N) is 1. The number of nitro benzene ring substituents is 1. The van der Waals surface area contributed by atoms with Gasteiger partial charge in [-0.05, 0) is 39.8 Å². The van der Waals surface area contributed by atoms with Gasteiger partial charge in [-0.2, -0.15) is 0 Å². The van der Waals surface area contributed by atoms with Crippen molar-refractivity contribution in [1.82, 2.24) is 0 Å². The highest BCUT2D eigenvalue weighted by Crippen LogP contribution is 2.37. The summed E-state index contributed by atoms with van der Waals surface area (Å²) in [6.45, 7) is 7.45. The molecule has 0 aliphatic carbocycles. The van der Waals surface area contributed by atoms with Gasteiger partial charge in [-0.25, -0.2) is 0 Å². The van der Waals surface area contributed by atoms with E-state index in [1.807, 2.05) is 27.7 Å². The molecule has 0 aromatic heterocycles. The van der Waals surface area contributed by atoms with Crippen molar-refractivity contribution >= 4 is 18.3 Å². The van der Waals surface area contributed by atoms with Crippen LogP contribution in [0.25, 0.3) is 0 Å². The minimum Gasteiger partial charge on any atom is -0.508 e. The Morgan fingerprint density at radius 3 is 2.21 bits per heavy atom. The fraction of sp³-hybridized carbons (Fsp3) is 0.500. The molecule has 0 unspecified atom stereocenters. The molecule has 0 amide bonds. The Morgan fingerprint density at radius 2 is 1.74 bits per heavy atom. The molecule has 1 fully saturated rings. The number of hydrogen-bond donors (Lipinski definition) is 1. The molecule has 0 atom stereocenters. The van der Waals surface area contributed by atoms with Gasteiger partial charge in [0.1, 0.15) is 5.75 Å². The van der Waals surface area contributed by atoms with E-state index in [1.54, 1.807) is 0 Å². The molecule has 2 rings (SSSR count). The first-order valence-electron chi connectivity index (χ1n) is 5.97. The zero-order chi connectivity index (χ0) is 14.4. The number of phenols is 1. The van der Waals surface area contributed by atoms with E-state index < -0.39 is 23.2 Å². The van der Waals surface area contributed by atoms with Gasteiger partial charge in [0.25, 0.3) is 5.69 Å². The molecule has 1 aliphatic heterocycles. The van der Waals surface area contributed by atoms with E-state index in [0.29, 0.717) is 0 Å². The second kappa shape index (κ2) is 4.21. The first-order valence-corrected chi connectivity index (χ1v) is 5.97. The largest absolute Gasteiger partial charge is 0.508 e. The summed E-state index contributed by atoms with van der Waals surface area (Å²) in [7, 11) is -0.863. The van der Waals surface area contributed by atoms with Crippen molar-refractivity contribution in [1.29, 1.82) is 0 Å². The number of rotatable bonds is 2. The quantitative estimate of drug-likeness (QED) is 0.499. The van der Waals surface area contributed by atoms with Crippen LogP contribution in [0.4, 0.5) is 5.69 Å². The summed E-state index contributed by atoms with van der Waals surface area (Å²) < 4.78 is 11.5. The lowest BCUT2D eigenvalue weighted by molar-refractivity contribution is -0.383. The van der Waals surface area contributed by atoms with E-state index in [2.05, 4.69) is 0 Å². The highest BCUT2D eigenvalue weighted by atomic mass is 16.7. The van der Waals surface area contributed by atoms with E-state index in [1.165, 1.54) is 18.2 Å². The van der Waals surface area contributed by atoms with Gasteiger partial charge in [-0.1, -0.05) is 0 Å². The Morgan fingerprint density at radius 1 is 1.21 bits per heavy atom. The third-order valence-corrected chi connectivity index (χ3v) is 3.71. The van der Waals surface area contributed by atoms with E-state index >= 15 is 0 Å². The molecule has 19 heavy (non-hydrogen) atoms. The highest BCUT2D eigenvalue weighted by Gasteiger charge is 2.53. The van der Waals surface area contributed by atoms with E-state index in [0.717, 1.165) is 0 Å². The molecule has 0 radical (unpaired) electrons. The molecular formula is C12H16BNO5. The van der Waals surface area contributed by atoms with Gasteiger partial charge in [0.2, 0.25) is 0 Å². The molecule has 0 bridgehead atoms. The monoisotopic (exact) mass is 265 g/mol. The molecule has 6 nitrogen and oxygen atoms in total. The normalized spacial score (nSPS) is 20.5. The summed E-state index contributed by atoms with van der Waals surface area (Å²) in [5.74, 6) is -0.0599. The summed E-state index contributed by atoms with van der Waals surface area (Å²) in [6.07, 6.45) is 0. The SMILES string of the molecule is CC1(C)OB(c2cc(O)ccc2[N+](=O)[O-])OC1(C)C. The van der Waals surface area contributed by atoms with Crippen molar-refractivity contribution in [3.63, 3.8) is 0 Å². The molecule has 102 valence electrons. The number of hydrogen-bond acceptors (Lipinski definition) is 5. The molecular weight excluding hydrogens is 249 g/mol. The predicted molar refractivity (Wildman–Crippen MR) is 70.5 cm³/mol. The second-order valence-corrected chi connectivity index (χ2v) is 5.59.